The smallest absolute Gasteiger partial charge is 0.192 e. The summed E-state index contributed by atoms with van der Waals surface area (Å²) in [5, 5.41) is 0. The molecule has 0 N–H and O–H groups in total. The van der Waals surface area contributed by atoms with Gasteiger partial charge in [0.05, 0.1) is 0 Å². The average molecular weight is 260 g/mol. The zero-order valence-electron chi connectivity index (χ0n) is 6.09. The van der Waals surface area contributed by atoms with Crippen LogP contribution in [0.5, 0.6) is 5.75 Å². The van der Waals surface area contributed by atoms with Crippen LogP contribution >= 0.6 is 23.0 Å². The van der Waals surface area contributed by atoms with Crippen molar-refractivity contribution >= 4 is 23.0 Å². The predicted octanol–water partition coefficient (Wildman–Crippen LogP) is 3.14. The molecule has 0 heterocycles. The highest BCUT2D eigenvalue weighted by atomic mass is 127. The Morgan fingerprint density at radius 2 is 2.00 bits per heavy atom. The molecule has 0 unspecified atom stereocenters. The second-order valence-corrected chi connectivity index (χ2v) is 2.65. The molecule has 0 aliphatic carbocycles. The number of halogens is 1. The number of rotatable bonds is 3. The summed E-state index contributed by atoms with van der Waals surface area (Å²) >= 11 is 1.87. The number of benzene rings is 1. The van der Waals surface area contributed by atoms with E-state index >= 15 is 0 Å². The summed E-state index contributed by atoms with van der Waals surface area (Å²) in [7, 11) is 0. The van der Waals surface area contributed by atoms with E-state index in [-0.39, 0.29) is 0 Å². The Labute approximate surface area is 80.8 Å². The van der Waals surface area contributed by atoms with Crippen molar-refractivity contribution in [3.8, 4) is 5.75 Å². The largest absolute Gasteiger partial charge is 0.428 e. The first kappa shape index (κ1) is 8.59. The lowest BCUT2D eigenvalue weighted by molar-refractivity contribution is 0.716. The SMILES string of the molecule is C=CCc1ccc(OI)cc1. The Kier molecular flexibility index (Phi) is 3.42. The summed E-state index contributed by atoms with van der Waals surface area (Å²) in [6.07, 6.45) is 2.81. The van der Waals surface area contributed by atoms with Crippen LogP contribution in [-0.2, 0) is 6.42 Å². The zero-order valence-corrected chi connectivity index (χ0v) is 8.24. The van der Waals surface area contributed by atoms with Crippen molar-refractivity contribution in [1.82, 2.24) is 0 Å². The van der Waals surface area contributed by atoms with Gasteiger partial charge in [0.1, 0.15) is 5.75 Å². The van der Waals surface area contributed by atoms with E-state index in [4.69, 9.17) is 3.07 Å². The van der Waals surface area contributed by atoms with Crippen molar-refractivity contribution in [2.75, 3.05) is 0 Å². The molecule has 2 heteroatoms. The third kappa shape index (κ3) is 2.54. The summed E-state index contributed by atoms with van der Waals surface area (Å²) in [5.74, 6) is 0.887. The first-order valence-corrected chi connectivity index (χ1v) is 4.23. The number of hydrogen-bond acceptors (Lipinski definition) is 1. The second kappa shape index (κ2) is 4.38. The highest BCUT2D eigenvalue weighted by molar-refractivity contribution is 14.1. The lowest BCUT2D eigenvalue weighted by Gasteiger charge is -1.97. The van der Waals surface area contributed by atoms with Gasteiger partial charge in [-0.2, -0.15) is 0 Å². The van der Waals surface area contributed by atoms with E-state index in [1.165, 1.54) is 5.56 Å². The first-order valence-electron chi connectivity index (χ1n) is 3.35. The van der Waals surface area contributed by atoms with Crippen molar-refractivity contribution in [1.29, 1.82) is 0 Å². The van der Waals surface area contributed by atoms with Crippen LogP contribution in [0.2, 0.25) is 0 Å². The molecule has 0 saturated heterocycles. The fourth-order valence-electron chi connectivity index (χ4n) is 0.844. The molecule has 0 fully saturated rings. The molecule has 1 aromatic rings. The molecular formula is C9H9IO. The molecular weight excluding hydrogens is 251 g/mol. The molecule has 0 spiro atoms. The van der Waals surface area contributed by atoms with Crippen LogP contribution in [-0.4, -0.2) is 0 Å². The van der Waals surface area contributed by atoms with E-state index in [1.807, 2.05) is 53.3 Å². The molecule has 0 aliphatic rings. The van der Waals surface area contributed by atoms with E-state index in [9.17, 15) is 0 Å². The van der Waals surface area contributed by atoms with Crippen LogP contribution in [0.25, 0.3) is 0 Å². The van der Waals surface area contributed by atoms with Gasteiger partial charge < -0.3 is 3.07 Å². The number of hydrogen-bond donors (Lipinski definition) is 0. The van der Waals surface area contributed by atoms with Crippen LogP contribution in [0.3, 0.4) is 0 Å². The molecule has 1 rings (SSSR count). The Hall–Kier alpha value is -0.510. The van der Waals surface area contributed by atoms with E-state index in [1.54, 1.807) is 0 Å². The van der Waals surface area contributed by atoms with Crippen LogP contribution in [0.1, 0.15) is 5.56 Å². The Bertz CT molecular complexity index is 228. The lowest BCUT2D eigenvalue weighted by atomic mass is 10.1. The van der Waals surface area contributed by atoms with Gasteiger partial charge in [-0.05, 0) is 24.1 Å². The summed E-state index contributed by atoms with van der Waals surface area (Å²) in [4.78, 5) is 0. The minimum atomic E-state index is 0.887. The van der Waals surface area contributed by atoms with Crippen molar-refractivity contribution in [3.05, 3.63) is 42.5 Å². The minimum absolute atomic E-state index is 0.887. The van der Waals surface area contributed by atoms with Gasteiger partial charge in [0.25, 0.3) is 0 Å². The van der Waals surface area contributed by atoms with E-state index in [0.717, 1.165) is 12.2 Å². The van der Waals surface area contributed by atoms with Crippen LogP contribution in [0.15, 0.2) is 36.9 Å². The van der Waals surface area contributed by atoms with Gasteiger partial charge in [0, 0.05) is 0 Å². The molecule has 0 aliphatic heterocycles. The summed E-state index contributed by atoms with van der Waals surface area (Å²) in [6, 6.07) is 7.97. The molecule has 0 saturated carbocycles. The van der Waals surface area contributed by atoms with Gasteiger partial charge in [0.2, 0.25) is 0 Å². The Morgan fingerprint density at radius 1 is 1.36 bits per heavy atom. The maximum Gasteiger partial charge on any atom is 0.192 e. The van der Waals surface area contributed by atoms with Gasteiger partial charge >= 0.3 is 0 Å². The highest BCUT2D eigenvalue weighted by Crippen LogP contribution is 2.14. The van der Waals surface area contributed by atoms with Gasteiger partial charge in [-0.3, -0.25) is 0 Å². The van der Waals surface area contributed by atoms with E-state index in [2.05, 4.69) is 6.58 Å². The monoisotopic (exact) mass is 260 g/mol. The quantitative estimate of drug-likeness (QED) is 0.599. The summed E-state index contributed by atoms with van der Waals surface area (Å²) < 4.78 is 4.99. The molecule has 11 heavy (non-hydrogen) atoms. The third-order valence-corrected chi connectivity index (χ3v) is 1.90. The molecule has 58 valence electrons. The van der Waals surface area contributed by atoms with Gasteiger partial charge in [-0.1, -0.05) is 18.2 Å². The van der Waals surface area contributed by atoms with Crippen molar-refractivity contribution in [2.45, 2.75) is 6.42 Å². The molecule has 0 bridgehead atoms. The summed E-state index contributed by atoms with van der Waals surface area (Å²) in [6.45, 7) is 3.67. The maximum absolute atomic E-state index is 4.99. The van der Waals surface area contributed by atoms with Gasteiger partial charge in [-0.25, -0.2) is 0 Å². The Morgan fingerprint density at radius 3 is 2.45 bits per heavy atom. The third-order valence-electron chi connectivity index (χ3n) is 1.39. The maximum atomic E-state index is 4.99. The van der Waals surface area contributed by atoms with Crippen molar-refractivity contribution in [2.24, 2.45) is 0 Å². The topological polar surface area (TPSA) is 9.23 Å². The van der Waals surface area contributed by atoms with Crippen LogP contribution in [0.4, 0.5) is 0 Å². The fourth-order valence-corrected chi connectivity index (χ4v) is 1.14. The summed E-state index contributed by atoms with van der Waals surface area (Å²) in [5.41, 5.74) is 1.26. The minimum Gasteiger partial charge on any atom is -0.428 e. The van der Waals surface area contributed by atoms with Gasteiger partial charge in [-0.15, -0.1) is 6.58 Å². The van der Waals surface area contributed by atoms with Crippen LogP contribution < -0.4 is 3.07 Å². The molecule has 0 amide bonds. The molecule has 0 aromatic heterocycles. The van der Waals surface area contributed by atoms with E-state index in [0.29, 0.717) is 0 Å². The Balaban J connectivity index is 2.74. The molecule has 1 nitrogen and oxygen atoms in total. The highest BCUT2D eigenvalue weighted by Gasteiger charge is 1.91. The molecule has 0 radical (unpaired) electrons. The molecule has 0 atom stereocenters. The van der Waals surface area contributed by atoms with Crippen molar-refractivity contribution < 1.29 is 3.07 Å². The molecule has 1 aromatic carbocycles. The number of allylic oxidation sites excluding steroid dienone is 1. The second-order valence-electron chi connectivity index (χ2n) is 2.21. The fraction of sp³-hybridized carbons (Fsp3) is 0.111. The lowest BCUT2D eigenvalue weighted by Crippen LogP contribution is -1.79. The van der Waals surface area contributed by atoms with Crippen LogP contribution in [0, 0.1) is 0 Å². The predicted molar refractivity (Wildman–Crippen MR) is 55.0 cm³/mol. The average Bonchev–Trinajstić information content (AvgIpc) is 2.07. The first-order chi connectivity index (χ1) is 5.36. The zero-order chi connectivity index (χ0) is 8.10. The van der Waals surface area contributed by atoms with Gasteiger partial charge in [0.15, 0.2) is 23.0 Å². The van der Waals surface area contributed by atoms with E-state index < -0.39 is 0 Å². The normalized spacial score (nSPS) is 9.18. The van der Waals surface area contributed by atoms with Crippen molar-refractivity contribution in [3.63, 3.8) is 0 Å². The standard InChI is InChI=1S/C9H9IO/c1-2-3-8-4-6-9(11-10)7-5-8/h2,4-7H,1,3H2.